The monoisotopic (exact) mass is 397 g/mol. The lowest BCUT2D eigenvalue weighted by molar-refractivity contribution is -0.255. The van der Waals surface area contributed by atoms with Crippen LogP contribution in [0.4, 0.5) is 5.69 Å². The van der Waals surface area contributed by atoms with Crippen LogP contribution >= 0.6 is 11.8 Å². The van der Waals surface area contributed by atoms with Crippen molar-refractivity contribution in [1.82, 2.24) is 14.8 Å². The van der Waals surface area contributed by atoms with Crippen molar-refractivity contribution in [2.45, 2.75) is 11.8 Å². The minimum Gasteiger partial charge on any atom is -0.545 e. The molecule has 0 unspecified atom stereocenters. The maximum Gasteiger partial charge on any atom is 0.234 e. The molecule has 0 saturated carbocycles. The van der Waals surface area contributed by atoms with Crippen LogP contribution < -0.4 is 15.2 Å². The third-order valence-corrected chi connectivity index (χ3v) is 4.79. The summed E-state index contributed by atoms with van der Waals surface area (Å²) in [6.45, 7) is 0.269. The van der Waals surface area contributed by atoms with Gasteiger partial charge < -0.3 is 24.5 Å². The van der Waals surface area contributed by atoms with Gasteiger partial charge in [-0.05, 0) is 29.8 Å². The van der Waals surface area contributed by atoms with Crippen molar-refractivity contribution in [3.05, 3.63) is 66.0 Å². The number of carbonyl (C=O) groups is 2. The molecule has 1 heterocycles. The molecule has 9 heteroatoms. The molecule has 0 aliphatic rings. The van der Waals surface area contributed by atoms with E-state index in [-0.39, 0.29) is 23.8 Å². The van der Waals surface area contributed by atoms with E-state index in [1.165, 1.54) is 36.0 Å². The summed E-state index contributed by atoms with van der Waals surface area (Å²) in [7, 11) is 1.81. The minimum atomic E-state index is -1.26. The first kappa shape index (κ1) is 19.4. The Labute approximate surface area is 165 Å². The largest absolute Gasteiger partial charge is 0.545 e. The maximum atomic E-state index is 12.1. The van der Waals surface area contributed by atoms with Crippen LogP contribution in [0.15, 0.2) is 59.8 Å². The number of benzene rings is 2. The van der Waals surface area contributed by atoms with Gasteiger partial charge in [0, 0.05) is 12.7 Å². The number of nitrogens with zero attached hydrogens (tertiary/aromatic N) is 3. The van der Waals surface area contributed by atoms with Gasteiger partial charge in [0.05, 0.1) is 11.7 Å². The van der Waals surface area contributed by atoms with E-state index in [9.17, 15) is 14.7 Å². The van der Waals surface area contributed by atoms with Gasteiger partial charge in [-0.3, -0.25) is 4.79 Å². The summed E-state index contributed by atoms with van der Waals surface area (Å²) >= 11 is 1.24. The molecule has 2 aromatic carbocycles. The molecule has 8 nitrogen and oxygen atoms in total. The minimum absolute atomic E-state index is 0.0525. The number of anilines is 1. The Morgan fingerprint density at radius 3 is 2.50 bits per heavy atom. The lowest BCUT2D eigenvalue weighted by atomic mass is 10.2. The number of amides is 1. The second-order valence-electron chi connectivity index (χ2n) is 5.76. The number of nitrogens with one attached hydrogen (secondary N) is 1. The summed E-state index contributed by atoms with van der Waals surface area (Å²) in [5, 5.41) is 22.2. The zero-order valence-corrected chi connectivity index (χ0v) is 15.8. The first-order valence-electron chi connectivity index (χ1n) is 8.33. The summed E-state index contributed by atoms with van der Waals surface area (Å²) in [4.78, 5) is 22.8. The number of carboxylic acid groups (broad SMARTS) is 1. The van der Waals surface area contributed by atoms with E-state index in [4.69, 9.17) is 4.74 Å². The predicted molar refractivity (Wildman–Crippen MR) is 102 cm³/mol. The predicted octanol–water partition coefficient (Wildman–Crippen LogP) is 1.49. The fourth-order valence-corrected chi connectivity index (χ4v) is 3.01. The first-order valence-corrected chi connectivity index (χ1v) is 9.31. The van der Waals surface area contributed by atoms with Crippen molar-refractivity contribution >= 4 is 29.3 Å². The van der Waals surface area contributed by atoms with Gasteiger partial charge in [0.2, 0.25) is 5.91 Å². The Kier molecular flexibility index (Phi) is 6.28. The second-order valence-corrected chi connectivity index (χ2v) is 6.70. The highest BCUT2D eigenvalue weighted by atomic mass is 32.2. The summed E-state index contributed by atoms with van der Waals surface area (Å²) in [6, 6.07) is 15.2. The first-order chi connectivity index (χ1) is 13.5. The highest BCUT2D eigenvalue weighted by molar-refractivity contribution is 7.99. The van der Waals surface area contributed by atoms with Crippen molar-refractivity contribution in [3.63, 3.8) is 0 Å². The number of para-hydroxylation sites is 1. The molecular formula is C19H17N4O4S-. The van der Waals surface area contributed by atoms with Gasteiger partial charge in [0.1, 0.15) is 12.4 Å². The molecule has 0 aliphatic carbocycles. The Balaban J connectivity index is 1.50. The van der Waals surface area contributed by atoms with Crippen LogP contribution in [0.3, 0.4) is 0 Å². The van der Waals surface area contributed by atoms with E-state index in [1.807, 2.05) is 37.4 Å². The zero-order valence-electron chi connectivity index (χ0n) is 15.0. The van der Waals surface area contributed by atoms with Gasteiger partial charge in [-0.15, -0.1) is 10.2 Å². The highest BCUT2D eigenvalue weighted by Crippen LogP contribution is 2.18. The molecule has 0 atom stereocenters. The molecule has 144 valence electrons. The van der Waals surface area contributed by atoms with E-state index in [0.717, 1.165) is 5.75 Å². The molecule has 0 radical (unpaired) electrons. The van der Waals surface area contributed by atoms with Gasteiger partial charge in [-0.25, -0.2) is 0 Å². The Hall–Kier alpha value is -3.33. The third kappa shape index (κ3) is 5.10. The number of hydrogen-bond acceptors (Lipinski definition) is 7. The van der Waals surface area contributed by atoms with Gasteiger partial charge >= 0.3 is 0 Å². The summed E-state index contributed by atoms with van der Waals surface area (Å²) in [5.74, 6) is 0.0146. The van der Waals surface area contributed by atoms with Crippen molar-refractivity contribution in [2.75, 3.05) is 11.1 Å². The Morgan fingerprint density at radius 2 is 1.82 bits per heavy atom. The Morgan fingerprint density at radius 1 is 1.11 bits per heavy atom. The molecule has 0 bridgehead atoms. The molecule has 3 rings (SSSR count). The lowest BCUT2D eigenvalue weighted by Crippen LogP contribution is -2.22. The van der Waals surface area contributed by atoms with E-state index >= 15 is 0 Å². The molecule has 1 amide bonds. The topological polar surface area (TPSA) is 109 Å². The molecule has 0 aliphatic heterocycles. The number of thioether (sulfide) groups is 1. The van der Waals surface area contributed by atoms with Crippen LogP contribution in [-0.4, -0.2) is 32.4 Å². The smallest absolute Gasteiger partial charge is 0.234 e. The second kappa shape index (κ2) is 9.05. The third-order valence-electron chi connectivity index (χ3n) is 3.77. The van der Waals surface area contributed by atoms with Crippen molar-refractivity contribution in [3.8, 4) is 5.75 Å². The fourth-order valence-electron chi connectivity index (χ4n) is 2.28. The van der Waals surface area contributed by atoms with E-state index < -0.39 is 5.97 Å². The highest BCUT2D eigenvalue weighted by Gasteiger charge is 2.12. The van der Waals surface area contributed by atoms with Gasteiger partial charge in [-0.2, -0.15) is 0 Å². The number of aromatic carboxylic acids is 1. The molecule has 1 N–H and O–H groups in total. The standard InChI is InChI=1S/C19H18N4O4S/c1-23-16(11-27-15-5-3-2-4-6-15)21-22-19(23)28-12-17(24)20-14-9-7-13(8-10-14)18(25)26/h2-10H,11-12H2,1H3,(H,20,24)(H,25,26)/p-1. The summed E-state index contributed by atoms with van der Waals surface area (Å²) in [6.07, 6.45) is 0. The quantitative estimate of drug-likeness (QED) is 0.574. The summed E-state index contributed by atoms with van der Waals surface area (Å²) in [5.41, 5.74) is 0.558. The number of hydrogen-bond donors (Lipinski definition) is 1. The van der Waals surface area contributed by atoms with Crippen LogP contribution in [0, 0.1) is 0 Å². The number of carbonyl (C=O) groups excluding carboxylic acids is 2. The molecule has 0 saturated heterocycles. The molecular weight excluding hydrogens is 380 g/mol. The molecule has 3 aromatic rings. The number of rotatable bonds is 8. The van der Waals surface area contributed by atoms with E-state index in [2.05, 4.69) is 15.5 Å². The number of ether oxygens (including phenoxy) is 1. The van der Waals surface area contributed by atoms with Crippen molar-refractivity contribution in [1.29, 1.82) is 0 Å². The van der Waals surface area contributed by atoms with Crippen LogP contribution in [0.25, 0.3) is 0 Å². The Bertz CT molecular complexity index is 958. The number of aromatic nitrogens is 3. The van der Waals surface area contributed by atoms with E-state index in [0.29, 0.717) is 16.7 Å². The molecule has 1 aromatic heterocycles. The molecule has 0 spiro atoms. The van der Waals surface area contributed by atoms with Crippen molar-refractivity contribution in [2.24, 2.45) is 7.05 Å². The lowest BCUT2D eigenvalue weighted by Gasteiger charge is -2.08. The van der Waals surface area contributed by atoms with Crippen molar-refractivity contribution < 1.29 is 19.4 Å². The zero-order chi connectivity index (χ0) is 19.9. The molecule has 0 fully saturated rings. The summed E-state index contributed by atoms with van der Waals surface area (Å²) < 4.78 is 7.43. The van der Waals surface area contributed by atoms with Crippen LogP contribution in [0.5, 0.6) is 5.75 Å². The SMILES string of the molecule is Cn1c(COc2ccccc2)nnc1SCC(=O)Nc1ccc(C(=O)[O-])cc1. The average molecular weight is 397 g/mol. The number of carboxylic acids is 1. The van der Waals surface area contributed by atoms with Crippen LogP contribution in [0.2, 0.25) is 0 Å². The normalized spacial score (nSPS) is 10.5. The molecule has 28 heavy (non-hydrogen) atoms. The average Bonchev–Trinajstić information content (AvgIpc) is 3.05. The van der Waals surface area contributed by atoms with Crippen LogP contribution in [0.1, 0.15) is 16.2 Å². The fraction of sp³-hybridized carbons (Fsp3) is 0.158. The van der Waals surface area contributed by atoms with Gasteiger partial charge in [-0.1, -0.05) is 42.1 Å². The van der Waals surface area contributed by atoms with Gasteiger partial charge in [0.15, 0.2) is 11.0 Å². The van der Waals surface area contributed by atoms with E-state index in [1.54, 1.807) is 4.57 Å². The van der Waals surface area contributed by atoms with Crippen LogP contribution in [-0.2, 0) is 18.4 Å². The van der Waals surface area contributed by atoms with Gasteiger partial charge in [0.25, 0.3) is 0 Å². The maximum absolute atomic E-state index is 12.1.